The molecule has 2 aromatic carbocycles. The van der Waals surface area contributed by atoms with Crippen molar-refractivity contribution in [3.63, 3.8) is 0 Å². The molecule has 0 saturated heterocycles. The molecule has 2 aromatic heterocycles. The maximum atomic E-state index is 12.4. The summed E-state index contributed by atoms with van der Waals surface area (Å²) < 4.78 is 32.0. The van der Waals surface area contributed by atoms with E-state index in [1.54, 1.807) is 41.4 Å². The molecule has 29 heavy (non-hydrogen) atoms. The maximum Gasteiger partial charge on any atom is 0.276 e. The van der Waals surface area contributed by atoms with Crippen LogP contribution in [0.15, 0.2) is 93.6 Å². The summed E-state index contributed by atoms with van der Waals surface area (Å²) in [7, 11) is -3.76. The molecule has 0 aliphatic rings. The molecule has 0 aliphatic carbocycles. The van der Waals surface area contributed by atoms with E-state index in [-0.39, 0.29) is 4.90 Å². The van der Waals surface area contributed by atoms with E-state index >= 15 is 0 Å². The molecule has 146 valence electrons. The third kappa shape index (κ3) is 4.12. The quantitative estimate of drug-likeness (QED) is 0.390. The molecule has 0 bridgehead atoms. The number of sulfonamides is 1. The lowest BCUT2D eigenvalue weighted by Gasteiger charge is -2.03. The van der Waals surface area contributed by atoms with E-state index in [1.165, 1.54) is 18.3 Å². The number of furan rings is 1. The lowest BCUT2D eigenvalue weighted by atomic mass is 10.2. The number of hydrogen-bond donors (Lipinski definition) is 1. The molecule has 1 N–H and O–H groups in total. The van der Waals surface area contributed by atoms with Crippen LogP contribution in [-0.2, 0) is 10.0 Å². The third-order valence-corrected chi connectivity index (χ3v) is 5.46. The summed E-state index contributed by atoms with van der Waals surface area (Å²) >= 11 is 0. The average molecular weight is 406 g/mol. The average Bonchev–Trinajstić information content (AvgIpc) is 3.39. The minimum Gasteiger partial charge on any atom is -0.463 e. The predicted molar refractivity (Wildman–Crippen MR) is 110 cm³/mol. The fraction of sp³-hybridized carbons (Fsp3) is 0.0476. The Bertz CT molecular complexity index is 1230. The Kier molecular flexibility index (Phi) is 5.01. The summed E-state index contributed by atoms with van der Waals surface area (Å²) in [6.07, 6.45) is 4.73. The van der Waals surface area contributed by atoms with Gasteiger partial charge in [0.1, 0.15) is 5.69 Å². The van der Waals surface area contributed by atoms with Gasteiger partial charge in [0.25, 0.3) is 10.0 Å². The first-order valence-corrected chi connectivity index (χ1v) is 10.3. The van der Waals surface area contributed by atoms with Crippen molar-refractivity contribution in [2.75, 3.05) is 0 Å². The van der Waals surface area contributed by atoms with Gasteiger partial charge in [0.2, 0.25) is 0 Å². The molecule has 0 aliphatic heterocycles. The highest BCUT2D eigenvalue weighted by atomic mass is 32.2. The van der Waals surface area contributed by atoms with Crippen molar-refractivity contribution in [2.45, 2.75) is 11.8 Å². The van der Waals surface area contributed by atoms with Gasteiger partial charge >= 0.3 is 0 Å². The molecule has 2 heterocycles. The minimum absolute atomic E-state index is 0.145. The second-order valence-corrected chi connectivity index (χ2v) is 8.02. The standard InChI is InChI=1S/C21H18N4O3S/c1-16-9-11-19(12-10-16)29(26,27)24-22-14-17-15-25(18-6-3-2-4-7-18)23-21(17)20-8-5-13-28-20/h2-15,24H,1H3/b22-14-. The summed E-state index contributed by atoms with van der Waals surface area (Å²) in [5.74, 6) is 0.558. The molecule has 0 radical (unpaired) electrons. The molecule has 8 heteroatoms. The number of hydrogen-bond acceptors (Lipinski definition) is 5. The normalized spacial score (nSPS) is 11.8. The van der Waals surface area contributed by atoms with Crippen molar-refractivity contribution in [3.05, 3.63) is 90.3 Å². The topological polar surface area (TPSA) is 89.5 Å². The first kappa shape index (κ1) is 18.7. The van der Waals surface area contributed by atoms with Gasteiger partial charge in [0.15, 0.2) is 5.76 Å². The SMILES string of the molecule is Cc1ccc(S(=O)(=O)N/N=C\c2cn(-c3ccccc3)nc2-c2ccco2)cc1. The number of rotatable bonds is 6. The van der Waals surface area contributed by atoms with Gasteiger partial charge < -0.3 is 4.42 Å². The fourth-order valence-electron chi connectivity index (χ4n) is 2.73. The zero-order chi connectivity index (χ0) is 20.3. The Balaban J connectivity index is 1.64. The van der Waals surface area contributed by atoms with Crippen LogP contribution in [0, 0.1) is 6.92 Å². The van der Waals surface area contributed by atoms with Crippen LogP contribution in [-0.4, -0.2) is 24.4 Å². The Labute approximate surface area is 168 Å². The predicted octanol–water partition coefficient (Wildman–Crippen LogP) is 3.75. The van der Waals surface area contributed by atoms with Gasteiger partial charge in [0, 0.05) is 11.8 Å². The van der Waals surface area contributed by atoms with Crippen molar-refractivity contribution >= 4 is 16.2 Å². The molecular formula is C21H18N4O3S. The van der Waals surface area contributed by atoms with E-state index in [9.17, 15) is 8.42 Å². The second-order valence-electron chi connectivity index (χ2n) is 6.36. The van der Waals surface area contributed by atoms with Crippen molar-refractivity contribution in [1.82, 2.24) is 14.6 Å². The smallest absolute Gasteiger partial charge is 0.276 e. The van der Waals surface area contributed by atoms with Crippen molar-refractivity contribution in [3.8, 4) is 17.1 Å². The molecule has 0 amide bonds. The summed E-state index contributed by atoms with van der Waals surface area (Å²) in [5.41, 5.74) is 3.00. The highest BCUT2D eigenvalue weighted by Gasteiger charge is 2.15. The van der Waals surface area contributed by atoms with E-state index in [0.29, 0.717) is 17.0 Å². The van der Waals surface area contributed by atoms with Gasteiger partial charge in [-0.3, -0.25) is 0 Å². The van der Waals surface area contributed by atoms with E-state index in [0.717, 1.165) is 11.3 Å². The zero-order valence-corrected chi connectivity index (χ0v) is 16.4. The van der Waals surface area contributed by atoms with Crippen LogP contribution in [0.25, 0.3) is 17.1 Å². The number of para-hydroxylation sites is 1. The molecule has 4 aromatic rings. The van der Waals surface area contributed by atoms with Crippen LogP contribution in [0.3, 0.4) is 0 Å². The number of nitrogens with one attached hydrogen (secondary N) is 1. The van der Waals surface area contributed by atoms with E-state index in [1.807, 2.05) is 37.3 Å². The Hall–Kier alpha value is -3.65. The van der Waals surface area contributed by atoms with Crippen molar-refractivity contribution < 1.29 is 12.8 Å². The van der Waals surface area contributed by atoms with Crippen LogP contribution in [0.2, 0.25) is 0 Å². The number of benzene rings is 2. The minimum atomic E-state index is -3.76. The second kappa shape index (κ2) is 7.76. The molecule has 4 rings (SSSR count). The lowest BCUT2D eigenvalue weighted by Crippen LogP contribution is -2.18. The Morgan fingerprint density at radius 3 is 2.48 bits per heavy atom. The number of aromatic nitrogens is 2. The van der Waals surface area contributed by atoms with Gasteiger partial charge in [-0.2, -0.15) is 18.6 Å². The first-order chi connectivity index (χ1) is 14.0. The van der Waals surface area contributed by atoms with Crippen molar-refractivity contribution in [2.24, 2.45) is 5.10 Å². The molecule has 0 atom stereocenters. The van der Waals surface area contributed by atoms with Crippen LogP contribution >= 0.6 is 0 Å². The zero-order valence-electron chi connectivity index (χ0n) is 15.6. The molecular weight excluding hydrogens is 388 g/mol. The largest absolute Gasteiger partial charge is 0.463 e. The summed E-state index contributed by atoms with van der Waals surface area (Å²) in [4.78, 5) is 2.38. The van der Waals surface area contributed by atoms with Crippen LogP contribution < -0.4 is 4.83 Å². The summed E-state index contributed by atoms with van der Waals surface area (Å²) in [6, 6.07) is 19.7. The maximum absolute atomic E-state index is 12.4. The van der Waals surface area contributed by atoms with E-state index in [2.05, 4.69) is 15.0 Å². The van der Waals surface area contributed by atoms with E-state index in [4.69, 9.17) is 4.42 Å². The molecule has 0 saturated carbocycles. The van der Waals surface area contributed by atoms with Gasteiger partial charge in [-0.25, -0.2) is 9.51 Å². The number of hydrazone groups is 1. The van der Waals surface area contributed by atoms with Gasteiger partial charge in [-0.05, 0) is 43.3 Å². The molecule has 7 nitrogen and oxygen atoms in total. The van der Waals surface area contributed by atoms with Gasteiger partial charge in [-0.1, -0.05) is 35.9 Å². The monoisotopic (exact) mass is 406 g/mol. The number of aryl methyl sites for hydroxylation is 1. The number of nitrogens with zero attached hydrogens (tertiary/aromatic N) is 3. The lowest BCUT2D eigenvalue weighted by molar-refractivity contribution is 0.579. The summed E-state index contributed by atoms with van der Waals surface area (Å²) in [6.45, 7) is 1.89. The Morgan fingerprint density at radius 1 is 1.03 bits per heavy atom. The molecule has 0 unspecified atom stereocenters. The Morgan fingerprint density at radius 2 is 1.79 bits per heavy atom. The molecule has 0 fully saturated rings. The first-order valence-electron chi connectivity index (χ1n) is 8.83. The fourth-order valence-corrected chi connectivity index (χ4v) is 3.53. The van der Waals surface area contributed by atoms with E-state index < -0.39 is 10.0 Å². The molecule has 0 spiro atoms. The highest BCUT2D eigenvalue weighted by Crippen LogP contribution is 2.23. The third-order valence-electron chi connectivity index (χ3n) is 4.23. The highest BCUT2D eigenvalue weighted by molar-refractivity contribution is 7.89. The van der Waals surface area contributed by atoms with Crippen LogP contribution in [0.4, 0.5) is 0 Å². The van der Waals surface area contributed by atoms with Crippen LogP contribution in [0.1, 0.15) is 11.1 Å². The van der Waals surface area contributed by atoms with Crippen LogP contribution in [0.5, 0.6) is 0 Å². The summed E-state index contributed by atoms with van der Waals surface area (Å²) in [5, 5.41) is 8.49. The van der Waals surface area contributed by atoms with Gasteiger partial charge in [-0.15, -0.1) is 0 Å². The van der Waals surface area contributed by atoms with Gasteiger partial charge in [0.05, 0.1) is 23.1 Å². The van der Waals surface area contributed by atoms with Crippen molar-refractivity contribution in [1.29, 1.82) is 0 Å².